The first kappa shape index (κ1) is 21.8. The summed E-state index contributed by atoms with van der Waals surface area (Å²) in [5, 5.41) is 0. The fraction of sp³-hybridized carbons (Fsp3) is 1.00. The maximum absolute atomic E-state index is 6.32. The van der Waals surface area contributed by atoms with Gasteiger partial charge in [-0.05, 0) is 32.1 Å². The number of nitrogens with zero attached hydrogens (tertiary/aromatic N) is 1. The summed E-state index contributed by atoms with van der Waals surface area (Å²) in [6, 6.07) is 0.815. The highest BCUT2D eigenvalue weighted by atomic mass is 35.5. The van der Waals surface area contributed by atoms with Crippen molar-refractivity contribution in [1.29, 1.82) is 0 Å². The van der Waals surface area contributed by atoms with Gasteiger partial charge in [-0.2, -0.15) is 0 Å². The smallest absolute Gasteiger partial charge is 0.154 e. The van der Waals surface area contributed by atoms with Crippen LogP contribution >= 0.6 is 11.6 Å². The van der Waals surface area contributed by atoms with Crippen molar-refractivity contribution in [3.8, 4) is 0 Å². The monoisotopic (exact) mass is 311 g/mol. The molecule has 0 aromatic carbocycles. The molecule has 0 aliphatic carbocycles. The van der Waals surface area contributed by atoms with Crippen LogP contribution in [0.15, 0.2) is 0 Å². The van der Waals surface area contributed by atoms with Crippen LogP contribution in [0.2, 0.25) is 0 Å². The third kappa shape index (κ3) is 10.9. The molecular formula is C16H35Cl2N. The van der Waals surface area contributed by atoms with E-state index in [-0.39, 0.29) is 12.4 Å². The third-order valence-corrected chi connectivity index (χ3v) is 4.47. The van der Waals surface area contributed by atoms with Gasteiger partial charge in [0.15, 0.2) is 6.00 Å². The second-order valence-corrected chi connectivity index (χ2v) is 5.99. The van der Waals surface area contributed by atoms with Gasteiger partial charge in [0.2, 0.25) is 0 Å². The van der Waals surface area contributed by atoms with E-state index in [1.165, 1.54) is 81.9 Å². The van der Waals surface area contributed by atoms with Crippen molar-refractivity contribution in [3.63, 3.8) is 0 Å². The zero-order valence-electron chi connectivity index (χ0n) is 13.4. The quantitative estimate of drug-likeness (QED) is 0.212. The summed E-state index contributed by atoms with van der Waals surface area (Å²) in [7, 11) is 0. The van der Waals surface area contributed by atoms with Gasteiger partial charge in [0.1, 0.15) is 0 Å². The first-order valence-corrected chi connectivity index (χ1v) is 8.69. The van der Waals surface area contributed by atoms with Gasteiger partial charge in [-0.3, -0.25) is 0 Å². The Balaban J connectivity index is 0. The molecular weight excluding hydrogens is 277 g/mol. The van der Waals surface area contributed by atoms with E-state index in [4.69, 9.17) is 11.6 Å². The Hall–Kier alpha value is 0.540. The number of quaternary nitrogens is 1. The van der Waals surface area contributed by atoms with Gasteiger partial charge in [0.05, 0.1) is 19.6 Å². The third-order valence-electron chi connectivity index (χ3n) is 3.96. The molecule has 118 valence electrons. The molecule has 1 nitrogen and oxygen atoms in total. The zero-order chi connectivity index (χ0) is 13.7. The van der Waals surface area contributed by atoms with E-state index in [1.54, 1.807) is 0 Å². The summed E-state index contributed by atoms with van der Waals surface area (Å²) in [5.74, 6) is 0. The van der Waals surface area contributed by atoms with E-state index in [9.17, 15) is 0 Å². The second-order valence-electron chi connectivity index (χ2n) is 5.75. The topological polar surface area (TPSA) is 0 Å². The molecule has 19 heavy (non-hydrogen) atoms. The van der Waals surface area contributed by atoms with E-state index < -0.39 is 0 Å². The van der Waals surface area contributed by atoms with Crippen LogP contribution in [0, 0.1) is 0 Å². The van der Waals surface area contributed by atoms with Crippen molar-refractivity contribution in [2.75, 3.05) is 25.6 Å². The van der Waals surface area contributed by atoms with E-state index in [0.717, 1.165) is 6.00 Å². The first-order valence-electron chi connectivity index (χ1n) is 8.15. The van der Waals surface area contributed by atoms with Crippen molar-refractivity contribution < 1.29 is 16.9 Å². The highest BCUT2D eigenvalue weighted by Gasteiger charge is 2.24. The Bertz CT molecular complexity index is 176. The number of hydrogen-bond donors (Lipinski definition) is 0. The molecule has 0 amide bonds. The summed E-state index contributed by atoms with van der Waals surface area (Å²) in [6.45, 7) is 10.7. The van der Waals surface area contributed by atoms with Crippen molar-refractivity contribution in [2.24, 2.45) is 0 Å². The van der Waals surface area contributed by atoms with Crippen molar-refractivity contribution in [1.82, 2.24) is 0 Å². The van der Waals surface area contributed by atoms with Gasteiger partial charge in [-0.1, -0.05) is 58.1 Å². The van der Waals surface area contributed by atoms with E-state index in [2.05, 4.69) is 20.8 Å². The molecule has 0 heterocycles. The Morgan fingerprint density at radius 2 is 1.05 bits per heavy atom. The minimum Gasteiger partial charge on any atom is -1.00 e. The van der Waals surface area contributed by atoms with Crippen molar-refractivity contribution in [2.45, 2.75) is 78.6 Å². The molecule has 0 aliphatic rings. The molecule has 0 saturated carbocycles. The van der Waals surface area contributed by atoms with E-state index >= 15 is 0 Å². The largest absolute Gasteiger partial charge is 1.00 e. The predicted molar refractivity (Wildman–Crippen MR) is 84.2 cm³/mol. The lowest BCUT2D eigenvalue weighted by molar-refractivity contribution is -0.918. The molecule has 1 unspecified atom stereocenters. The molecule has 0 fully saturated rings. The summed E-state index contributed by atoms with van der Waals surface area (Å²) < 4.78 is 1.17. The number of unbranched alkanes of at least 4 members (excludes halogenated alkanes) is 6. The minimum absolute atomic E-state index is 0. The number of hydrogen-bond acceptors (Lipinski definition) is 0. The number of halogens is 2. The molecule has 1 atom stereocenters. The highest BCUT2D eigenvalue weighted by molar-refractivity contribution is 6.16. The fourth-order valence-electron chi connectivity index (χ4n) is 2.58. The lowest BCUT2D eigenvalue weighted by Crippen LogP contribution is -3.00. The van der Waals surface area contributed by atoms with E-state index in [0.29, 0.717) is 0 Å². The van der Waals surface area contributed by atoms with Crippen LogP contribution in [0.1, 0.15) is 78.6 Å². The maximum Gasteiger partial charge on any atom is 0.154 e. The molecule has 0 rings (SSSR count). The van der Waals surface area contributed by atoms with Crippen LogP contribution in [0.4, 0.5) is 0 Å². The summed E-state index contributed by atoms with van der Waals surface area (Å²) in [6.07, 6.45) is 12.1. The summed E-state index contributed by atoms with van der Waals surface area (Å²) in [4.78, 5) is 0. The standard InChI is InChI=1S/C16H35ClN.ClH/c1-4-7-10-12-15-18(16-17,13-9-6-3)14-11-8-5-2;/h4-16H2,1-3H3;1H/q+1;/p-1. The molecule has 0 aliphatic heterocycles. The van der Waals surface area contributed by atoms with E-state index in [1.807, 2.05) is 0 Å². The molecule has 0 radical (unpaired) electrons. The Morgan fingerprint density at radius 3 is 1.53 bits per heavy atom. The van der Waals surface area contributed by atoms with Crippen LogP contribution in [0.25, 0.3) is 0 Å². The molecule has 0 bridgehead atoms. The fourth-order valence-corrected chi connectivity index (χ4v) is 2.94. The van der Waals surface area contributed by atoms with Gasteiger partial charge in [-0.25, -0.2) is 0 Å². The van der Waals surface area contributed by atoms with Crippen molar-refractivity contribution >= 4 is 11.6 Å². The van der Waals surface area contributed by atoms with Gasteiger partial charge >= 0.3 is 0 Å². The van der Waals surface area contributed by atoms with Crippen LogP contribution in [0.3, 0.4) is 0 Å². The molecule has 0 N–H and O–H groups in total. The highest BCUT2D eigenvalue weighted by Crippen LogP contribution is 2.17. The lowest BCUT2D eigenvalue weighted by atomic mass is 10.1. The Labute approximate surface area is 133 Å². The van der Waals surface area contributed by atoms with Gasteiger partial charge in [-0.15, -0.1) is 0 Å². The summed E-state index contributed by atoms with van der Waals surface area (Å²) in [5.41, 5.74) is 0. The number of rotatable bonds is 13. The Morgan fingerprint density at radius 1 is 0.632 bits per heavy atom. The van der Waals surface area contributed by atoms with Crippen molar-refractivity contribution in [3.05, 3.63) is 0 Å². The molecule has 0 aromatic heterocycles. The molecule has 0 saturated heterocycles. The van der Waals surface area contributed by atoms with Gasteiger partial charge < -0.3 is 16.9 Å². The van der Waals surface area contributed by atoms with Crippen LogP contribution in [0.5, 0.6) is 0 Å². The zero-order valence-corrected chi connectivity index (χ0v) is 14.9. The maximum atomic E-state index is 6.32. The van der Waals surface area contributed by atoms with Crippen LogP contribution < -0.4 is 12.4 Å². The van der Waals surface area contributed by atoms with Crippen LogP contribution in [-0.4, -0.2) is 30.1 Å². The van der Waals surface area contributed by atoms with Gasteiger partial charge in [0, 0.05) is 0 Å². The Kier molecular flexibility index (Phi) is 17.2. The predicted octanol–water partition coefficient (Wildman–Crippen LogP) is 2.57. The molecule has 0 spiro atoms. The lowest BCUT2D eigenvalue weighted by Gasteiger charge is -2.37. The van der Waals surface area contributed by atoms with Gasteiger partial charge in [0.25, 0.3) is 0 Å². The van der Waals surface area contributed by atoms with Crippen LogP contribution in [-0.2, 0) is 0 Å². The second kappa shape index (κ2) is 14.9. The first-order chi connectivity index (χ1) is 8.74. The SMILES string of the molecule is CCCCCC[N+](CCl)(CCCC)CCCCC.[Cl-]. The molecule has 0 aromatic rings. The minimum atomic E-state index is 0. The average molecular weight is 312 g/mol. The summed E-state index contributed by atoms with van der Waals surface area (Å²) >= 11 is 6.32. The normalized spacial score (nSPS) is 13.9. The average Bonchev–Trinajstić information content (AvgIpc) is 2.40. The molecule has 3 heteroatoms. The number of alkyl halides is 1.